The first-order chi connectivity index (χ1) is 10.1. The number of hydrogen-bond acceptors (Lipinski definition) is 2. The maximum atomic E-state index is 13.1. The second-order valence-electron chi connectivity index (χ2n) is 5.50. The van der Waals surface area contributed by atoms with Gasteiger partial charge in [-0.1, -0.05) is 18.9 Å². The van der Waals surface area contributed by atoms with Crippen molar-refractivity contribution in [3.05, 3.63) is 35.4 Å². The third-order valence-corrected chi connectivity index (χ3v) is 4.04. The highest BCUT2D eigenvalue weighted by molar-refractivity contribution is 5.76. The zero-order valence-electron chi connectivity index (χ0n) is 12.0. The fraction of sp³-hybridized carbons (Fsp3) is 0.562. The summed E-state index contributed by atoms with van der Waals surface area (Å²) in [7, 11) is 0. The summed E-state index contributed by atoms with van der Waals surface area (Å²) in [5, 5.41) is 9.11. The van der Waals surface area contributed by atoms with Crippen molar-refractivity contribution < 1.29 is 18.7 Å². The van der Waals surface area contributed by atoms with Gasteiger partial charge in [0.05, 0.1) is 6.61 Å². The Balaban J connectivity index is 1.93. The first-order valence-corrected chi connectivity index (χ1v) is 7.46. The number of carbonyl (C=O) groups is 1. The molecule has 0 aliphatic heterocycles. The zero-order valence-corrected chi connectivity index (χ0v) is 12.0. The summed E-state index contributed by atoms with van der Waals surface area (Å²) in [5.41, 5.74) is 0.609. The van der Waals surface area contributed by atoms with Crippen LogP contribution in [0.2, 0.25) is 0 Å². The van der Waals surface area contributed by atoms with E-state index in [1.54, 1.807) is 4.90 Å². The Kier molecular flexibility index (Phi) is 5.67. The van der Waals surface area contributed by atoms with Crippen molar-refractivity contribution in [1.82, 2.24) is 4.90 Å². The van der Waals surface area contributed by atoms with Gasteiger partial charge in [-0.2, -0.15) is 0 Å². The normalized spacial score (nSPS) is 15.4. The Bertz CT molecular complexity index is 487. The lowest BCUT2D eigenvalue weighted by Gasteiger charge is -2.28. The van der Waals surface area contributed by atoms with Gasteiger partial charge in [-0.15, -0.1) is 0 Å². The Morgan fingerprint density at radius 1 is 1.24 bits per heavy atom. The minimum Gasteiger partial charge on any atom is -0.395 e. The molecule has 1 saturated carbocycles. The molecule has 116 valence electrons. The van der Waals surface area contributed by atoms with Crippen molar-refractivity contribution in [2.24, 2.45) is 0 Å². The molecule has 2 rings (SSSR count). The Labute approximate surface area is 123 Å². The highest BCUT2D eigenvalue weighted by Crippen LogP contribution is 2.24. The summed E-state index contributed by atoms with van der Waals surface area (Å²) in [4.78, 5) is 14.0. The van der Waals surface area contributed by atoms with E-state index in [9.17, 15) is 13.6 Å². The second kappa shape index (κ2) is 7.50. The van der Waals surface area contributed by atoms with Crippen LogP contribution in [0, 0.1) is 11.6 Å². The van der Waals surface area contributed by atoms with Gasteiger partial charge in [0.25, 0.3) is 0 Å². The van der Waals surface area contributed by atoms with Gasteiger partial charge in [0, 0.05) is 19.0 Å². The molecule has 0 aromatic heterocycles. The molecular formula is C16H21F2NO2. The molecule has 0 bridgehead atoms. The van der Waals surface area contributed by atoms with Crippen LogP contribution in [0.1, 0.15) is 37.7 Å². The summed E-state index contributed by atoms with van der Waals surface area (Å²) in [5.74, 6) is -1.79. The maximum absolute atomic E-state index is 13.1. The molecule has 5 heteroatoms. The number of aliphatic hydroxyl groups is 1. The van der Waals surface area contributed by atoms with Crippen molar-refractivity contribution in [2.45, 2.75) is 44.6 Å². The average molecular weight is 297 g/mol. The topological polar surface area (TPSA) is 40.5 Å². The molecular weight excluding hydrogens is 276 g/mol. The Hall–Kier alpha value is -1.49. The van der Waals surface area contributed by atoms with Crippen LogP contribution in [-0.4, -0.2) is 35.1 Å². The molecule has 3 nitrogen and oxygen atoms in total. The number of amides is 1. The number of hydrogen-bond donors (Lipinski definition) is 1. The van der Waals surface area contributed by atoms with Crippen LogP contribution in [0.25, 0.3) is 0 Å². The van der Waals surface area contributed by atoms with Gasteiger partial charge in [-0.25, -0.2) is 8.78 Å². The first kappa shape index (κ1) is 15.9. The van der Waals surface area contributed by atoms with Crippen molar-refractivity contribution in [3.63, 3.8) is 0 Å². The Morgan fingerprint density at radius 3 is 2.57 bits per heavy atom. The largest absolute Gasteiger partial charge is 0.395 e. The van der Waals surface area contributed by atoms with E-state index in [2.05, 4.69) is 0 Å². The molecule has 0 unspecified atom stereocenters. The molecule has 0 spiro atoms. The second-order valence-corrected chi connectivity index (χ2v) is 5.50. The molecule has 1 N–H and O–H groups in total. The lowest BCUT2D eigenvalue weighted by molar-refractivity contribution is -0.134. The Morgan fingerprint density at radius 2 is 1.95 bits per heavy atom. The number of aryl methyl sites for hydroxylation is 1. The molecule has 0 heterocycles. The number of rotatable bonds is 6. The van der Waals surface area contributed by atoms with E-state index in [0.29, 0.717) is 18.5 Å². The molecule has 1 fully saturated rings. The van der Waals surface area contributed by atoms with Crippen molar-refractivity contribution in [1.29, 1.82) is 0 Å². The van der Waals surface area contributed by atoms with Crippen LogP contribution in [0.4, 0.5) is 8.78 Å². The van der Waals surface area contributed by atoms with Crippen LogP contribution >= 0.6 is 0 Å². The molecule has 0 atom stereocenters. The van der Waals surface area contributed by atoms with Gasteiger partial charge in [-0.05, 0) is 37.0 Å². The molecule has 1 aromatic carbocycles. The number of carbonyl (C=O) groups excluding carboxylic acids is 1. The summed E-state index contributed by atoms with van der Waals surface area (Å²) in [6.45, 7) is 0.300. The standard InChI is InChI=1S/C16H21F2NO2/c17-14-7-5-12(11-15(14)18)6-8-16(21)19(9-10-20)13-3-1-2-4-13/h5,7,11,13,20H,1-4,6,8-10H2. The maximum Gasteiger partial charge on any atom is 0.223 e. The number of halogens is 2. The molecule has 1 amide bonds. The zero-order chi connectivity index (χ0) is 15.2. The average Bonchev–Trinajstić information content (AvgIpc) is 2.99. The third kappa shape index (κ3) is 4.24. The lowest BCUT2D eigenvalue weighted by atomic mass is 10.1. The number of nitrogens with zero attached hydrogens (tertiary/aromatic N) is 1. The minimum absolute atomic E-state index is 0.0271. The van der Waals surface area contributed by atoms with Crippen LogP contribution in [-0.2, 0) is 11.2 Å². The first-order valence-electron chi connectivity index (χ1n) is 7.46. The molecule has 1 aromatic rings. The third-order valence-electron chi connectivity index (χ3n) is 4.04. The fourth-order valence-corrected chi connectivity index (χ4v) is 2.92. The molecule has 21 heavy (non-hydrogen) atoms. The van der Waals surface area contributed by atoms with Crippen molar-refractivity contribution in [3.8, 4) is 0 Å². The minimum atomic E-state index is -0.886. The van der Waals surface area contributed by atoms with E-state index in [-0.39, 0.29) is 25.0 Å². The van der Waals surface area contributed by atoms with Crippen molar-refractivity contribution >= 4 is 5.91 Å². The summed E-state index contributed by atoms with van der Waals surface area (Å²) < 4.78 is 26.0. The molecule has 0 radical (unpaired) electrons. The van der Waals surface area contributed by atoms with Crippen LogP contribution in [0.15, 0.2) is 18.2 Å². The summed E-state index contributed by atoms with van der Waals surface area (Å²) >= 11 is 0. The monoisotopic (exact) mass is 297 g/mol. The predicted molar refractivity (Wildman–Crippen MR) is 75.7 cm³/mol. The summed E-state index contributed by atoms with van der Waals surface area (Å²) in [6.07, 6.45) is 4.83. The van der Waals surface area contributed by atoms with Gasteiger partial charge >= 0.3 is 0 Å². The van der Waals surface area contributed by atoms with Gasteiger partial charge in [-0.3, -0.25) is 4.79 Å². The molecule has 1 aliphatic rings. The highest BCUT2D eigenvalue weighted by Gasteiger charge is 2.25. The van der Waals surface area contributed by atoms with Gasteiger partial charge in [0.1, 0.15) is 0 Å². The summed E-state index contributed by atoms with van der Waals surface area (Å²) in [6, 6.07) is 3.93. The van der Waals surface area contributed by atoms with Crippen LogP contribution < -0.4 is 0 Å². The van der Waals surface area contributed by atoms with E-state index in [1.807, 2.05) is 0 Å². The molecule has 1 aliphatic carbocycles. The number of aliphatic hydroxyl groups excluding tert-OH is 1. The van der Waals surface area contributed by atoms with Crippen LogP contribution in [0.5, 0.6) is 0 Å². The van der Waals surface area contributed by atoms with E-state index < -0.39 is 11.6 Å². The van der Waals surface area contributed by atoms with E-state index in [4.69, 9.17) is 5.11 Å². The predicted octanol–water partition coefficient (Wildman–Crippen LogP) is 2.66. The van der Waals surface area contributed by atoms with Gasteiger partial charge < -0.3 is 10.0 Å². The highest BCUT2D eigenvalue weighted by atomic mass is 19.2. The quantitative estimate of drug-likeness (QED) is 0.877. The van der Waals surface area contributed by atoms with Gasteiger partial charge in [0.2, 0.25) is 5.91 Å². The van der Waals surface area contributed by atoms with E-state index in [1.165, 1.54) is 6.07 Å². The SMILES string of the molecule is O=C(CCc1ccc(F)c(F)c1)N(CCO)C1CCCC1. The van der Waals surface area contributed by atoms with Crippen molar-refractivity contribution in [2.75, 3.05) is 13.2 Å². The fourth-order valence-electron chi connectivity index (χ4n) is 2.92. The smallest absolute Gasteiger partial charge is 0.223 e. The van der Waals surface area contributed by atoms with Crippen LogP contribution in [0.3, 0.4) is 0 Å². The van der Waals surface area contributed by atoms with E-state index >= 15 is 0 Å². The lowest BCUT2D eigenvalue weighted by Crippen LogP contribution is -2.40. The van der Waals surface area contributed by atoms with Gasteiger partial charge in [0.15, 0.2) is 11.6 Å². The van der Waals surface area contributed by atoms with E-state index in [0.717, 1.165) is 37.8 Å². The molecule has 0 saturated heterocycles. The number of benzene rings is 1.